The highest BCUT2D eigenvalue weighted by molar-refractivity contribution is 5.97. The third kappa shape index (κ3) is 6.80. The molecule has 1 aromatic heterocycles. The number of ether oxygens (including phenoxy) is 2. The summed E-state index contributed by atoms with van der Waals surface area (Å²) in [6.07, 6.45) is 5.64. The second-order valence-corrected chi connectivity index (χ2v) is 7.43. The van der Waals surface area contributed by atoms with Crippen molar-refractivity contribution in [3.05, 3.63) is 76.2 Å². The molecule has 0 aliphatic rings. The molecule has 0 fully saturated rings. The van der Waals surface area contributed by atoms with Gasteiger partial charge in [0.05, 0.1) is 6.61 Å². The quantitative estimate of drug-likeness (QED) is 0.158. The van der Waals surface area contributed by atoms with Gasteiger partial charge in [-0.2, -0.15) is 0 Å². The Bertz CT molecular complexity index is 1190. The Balaban J connectivity index is 1.66. The molecule has 0 atom stereocenters. The Morgan fingerprint density at radius 2 is 1.76 bits per heavy atom. The number of benzene rings is 2. The van der Waals surface area contributed by atoms with Gasteiger partial charge in [0.1, 0.15) is 22.6 Å². The molecule has 0 aliphatic carbocycles. The molecule has 1 N–H and O–H groups in total. The van der Waals surface area contributed by atoms with Crippen LogP contribution in [-0.4, -0.2) is 25.0 Å². The highest BCUT2D eigenvalue weighted by atomic mass is 16.5. The van der Waals surface area contributed by atoms with Crippen molar-refractivity contribution in [2.75, 3.05) is 13.2 Å². The Hall–Kier alpha value is -3.87. The molecule has 2 aromatic carbocycles. The molecule has 0 radical (unpaired) electrons. The van der Waals surface area contributed by atoms with Crippen LogP contribution in [0.1, 0.15) is 49.0 Å². The van der Waals surface area contributed by atoms with Gasteiger partial charge in [-0.25, -0.2) is 9.59 Å². The first-order valence-corrected chi connectivity index (χ1v) is 11.0. The van der Waals surface area contributed by atoms with Crippen molar-refractivity contribution in [2.24, 2.45) is 0 Å². The number of carbonyl (C=O) groups excluding carboxylic acids is 2. The van der Waals surface area contributed by atoms with Crippen molar-refractivity contribution in [3.8, 4) is 11.5 Å². The number of unbranched alkanes of at least 4 members (excludes halogenated alkanes) is 1. The van der Waals surface area contributed by atoms with Gasteiger partial charge < -0.3 is 19.2 Å². The lowest BCUT2D eigenvalue weighted by molar-refractivity contribution is -0.128. The molecule has 0 aliphatic heterocycles. The van der Waals surface area contributed by atoms with Gasteiger partial charge in [-0.05, 0) is 54.8 Å². The van der Waals surface area contributed by atoms with Crippen LogP contribution in [0.5, 0.6) is 11.5 Å². The van der Waals surface area contributed by atoms with E-state index in [1.54, 1.807) is 18.2 Å². The molecule has 0 saturated carbocycles. The highest BCUT2D eigenvalue weighted by Crippen LogP contribution is 2.21. The van der Waals surface area contributed by atoms with Crippen LogP contribution >= 0.6 is 0 Å². The normalized spacial score (nSPS) is 11.0. The van der Waals surface area contributed by atoms with Crippen LogP contribution in [0.25, 0.3) is 17.0 Å². The molecule has 0 spiro atoms. The summed E-state index contributed by atoms with van der Waals surface area (Å²) in [5.41, 5.74) is 0.246. The Morgan fingerprint density at radius 1 is 1.00 bits per heavy atom. The van der Waals surface area contributed by atoms with Gasteiger partial charge in [0.25, 0.3) is 5.91 Å². The van der Waals surface area contributed by atoms with Crippen molar-refractivity contribution in [3.63, 3.8) is 0 Å². The molecular weight excluding hydrogens is 422 g/mol. The molecule has 3 rings (SSSR count). The highest BCUT2D eigenvalue weighted by Gasteiger charge is 2.14. The van der Waals surface area contributed by atoms with Gasteiger partial charge in [-0.3, -0.25) is 4.79 Å². The number of carbonyl (C=O) groups is 2. The number of hydrogen-bond acceptors (Lipinski definition) is 6. The number of rotatable bonds is 10. The first-order chi connectivity index (χ1) is 16.0. The molecule has 7 nitrogen and oxygen atoms in total. The van der Waals surface area contributed by atoms with Crippen LogP contribution in [0.4, 0.5) is 0 Å². The van der Waals surface area contributed by atoms with Crippen molar-refractivity contribution >= 4 is 28.9 Å². The lowest BCUT2D eigenvalue weighted by Crippen LogP contribution is -2.28. The maximum absolute atomic E-state index is 12.2. The summed E-state index contributed by atoms with van der Waals surface area (Å²) in [5, 5.41) is 3.25. The minimum atomic E-state index is -0.744. The lowest BCUT2D eigenvalue weighted by atomic mass is 10.1. The summed E-state index contributed by atoms with van der Waals surface area (Å²) < 4.78 is 16.1. The SMILES string of the molecule is CCCCNC(=O)c1cc2ccc(OC(=O)/C=C/c3ccc(OCCC)cc3)cc2oc1=O. The molecular formula is C26H27NO6. The Kier molecular flexibility index (Phi) is 8.41. The Labute approximate surface area is 192 Å². The van der Waals surface area contributed by atoms with E-state index in [9.17, 15) is 14.4 Å². The van der Waals surface area contributed by atoms with Crippen molar-refractivity contribution in [1.29, 1.82) is 0 Å². The standard InChI is InChI=1S/C26H27NO6/c1-3-5-14-27-25(29)22-16-19-9-12-21(17-23(19)33-26(22)30)32-24(28)13-8-18-6-10-20(11-7-18)31-15-4-2/h6-13,16-17H,3-5,14-15H2,1-2H3,(H,27,29)/b13-8+. The second-order valence-electron chi connectivity index (χ2n) is 7.43. The lowest BCUT2D eigenvalue weighted by Gasteiger charge is -2.06. The summed E-state index contributed by atoms with van der Waals surface area (Å²) in [6, 6.07) is 13.5. The minimum absolute atomic E-state index is 0.0580. The van der Waals surface area contributed by atoms with Crippen molar-refractivity contribution in [2.45, 2.75) is 33.1 Å². The fourth-order valence-corrected chi connectivity index (χ4v) is 3.00. The van der Waals surface area contributed by atoms with E-state index in [1.165, 1.54) is 18.2 Å². The third-order valence-corrected chi connectivity index (χ3v) is 4.75. The number of amides is 1. The van der Waals surface area contributed by atoms with Crippen molar-refractivity contribution < 1.29 is 23.5 Å². The molecule has 1 heterocycles. The van der Waals surface area contributed by atoms with Crippen LogP contribution in [0.15, 0.2) is 63.8 Å². The number of nitrogens with one attached hydrogen (secondary N) is 1. The first kappa shape index (κ1) is 23.8. The number of fused-ring (bicyclic) bond motifs is 1. The maximum atomic E-state index is 12.2. The monoisotopic (exact) mass is 449 g/mol. The van der Waals surface area contributed by atoms with Crippen LogP contribution in [0, 0.1) is 0 Å². The number of esters is 1. The maximum Gasteiger partial charge on any atom is 0.349 e. The van der Waals surface area contributed by atoms with E-state index in [0.717, 1.165) is 30.6 Å². The van der Waals surface area contributed by atoms with Crippen LogP contribution in [0.2, 0.25) is 0 Å². The van der Waals surface area contributed by atoms with Gasteiger partial charge in [0.15, 0.2) is 0 Å². The summed E-state index contributed by atoms with van der Waals surface area (Å²) in [7, 11) is 0. The first-order valence-electron chi connectivity index (χ1n) is 11.0. The van der Waals surface area contributed by atoms with Gasteiger partial charge in [0.2, 0.25) is 0 Å². The topological polar surface area (TPSA) is 94.8 Å². The zero-order valence-electron chi connectivity index (χ0n) is 18.8. The summed E-state index contributed by atoms with van der Waals surface area (Å²) in [5.74, 6) is -0.0424. The molecule has 0 saturated heterocycles. The fourth-order valence-electron chi connectivity index (χ4n) is 3.00. The van der Waals surface area contributed by atoms with E-state index >= 15 is 0 Å². The van der Waals surface area contributed by atoms with E-state index in [-0.39, 0.29) is 16.9 Å². The second kappa shape index (κ2) is 11.7. The average Bonchev–Trinajstić information content (AvgIpc) is 2.81. The number of hydrogen-bond donors (Lipinski definition) is 1. The minimum Gasteiger partial charge on any atom is -0.494 e. The zero-order chi connectivity index (χ0) is 23.6. The fraction of sp³-hybridized carbons (Fsp3) is 0.269. The molecule has 172 valence electrons. The predicted octanol–water partition coefficient (Wildman–Crippen LogP) is 4.73. The van der Waals surface area contributed by atoms with Crippen LogP contribution in [-0.2, 0) is 4.79 Å². The van der Waals surface area contributed by atoms with Crippen LogP contribution < -0.4 is 20.4 Å². The molecule has 33 heavy (non-hydrogen) atoms. The third-order valence-electron chi connectivity index (χ3n) is 4.75. The van der Waals surface area contributed by atoms with Gasteiger partial charge in [-0.15, -0.1) is 0 Å². The van der Waals surface area contributed by atoms with E-state index in [0.29, 0.717) is 18.5 Å². The molecule has 7 heteroatoms. The molecule has 1 amide bonds. The van der Waals surface area contributed by atoms with Crippen LogP contribution in [0.3, 0.4) is 0 Å². The largest absolute Gasteiger partial charge is 0.494 e. The molecule has 3 aromatic rings. The van der Waals surface area contributed by atoms with Crippen molar-refractivity contribution in [1.82, 2.24) is 5.32 Å². The van der Waals surface area contributed by atoms with Gasteiger partial charge >= 0.3 is 11.6 Å². The smallest absolute Gasteiger partial charge is 0.349 e. The van der Waals surface area contributed by atoms with Gasteiger partial charge in [-0.1, -0.05) is 32.4 Å². The molecule has 0 bridgehead atoms. The van der Waals surface area contributed by atoms with Gasteiger partial charge in [0, 0.05) is 24.1 Å². The van der Waals surface area contributed by atoms with E-state index in [4.69, 9.17) is 13.9 Å². The van der Waals surface area contributed by atoms with E-state index in [1.807, 2.05) is 38.1 Å². The summed E-state index contributed by atoms with van der Waals surface area (Å²) in [4.78, 5) is 36.6. The Morgan fingerprint density at radius 3 is 2.48 bits per heavy atom. The average molecular weight is 450 g/mol. The summed E-state index contributed by atoms with van der Waals surface area (Å²) >= 11 is 0. The predicted molar refractivity (Wildman–Crippen MR) is 127 cm³/mol. The van der Waals surface area contributed by atoms with E-state index in [2.05, 4.69) is 5.32 Å². The molecule has 0 unspecified atom stereocenters. The summed E-state index contributed by atoms with van der Waals surface area (Å²) in [6.45, 7) is 5.20. The van der Waals surface area contributed by atoms with E-state index < -0.39 is 17.5 Å². The zero-order valence-corrected chi connectivity index (χ0v) is 18.8.